The molecule has 0 aromatic carbocycles. The molecule has 0 N–H and O–H groups in total. The molecule has 0 amide bonds. The van der Waals surface area contributed by atoms with Gasteiger partial charge in [-0.25, -0.2) is 0 Å². The van der Waals surface area contributed by atoms with Crippen LogP contribution in [0.4, 0.5) is 0 Å². The number of nitrogens with zero attached hydrogens (tertiary/aromatic N) is 1. The smallest absolute Gasteiger partial charge is 0.101 e. The van der Waals surface area contributed by atoms with Crippen LogP contribution in [-0.4, -0.2) is 37.5 Å². The largest absolute Gasteiger partial charge is 0.373 e. The number of ether oxygens (including phenoxy) is 1. The number of fused-ring (bicyclic) bond motifs is 1. The summed E-state index contributed by atoms with van der Waals surface area (Å²) < 4.78 is 5.60. The normalized spacial score (nSPS) is 42.8. The Morgan fingerprint density at radius 1 is 1.45 bits per heavy atom. The van der Waals surface area contributed by atoms with Crippen molar-refractivity contribution in [2.45, 2.75) is 26.0 Å². The van der Waals surface area contributed by atoms with E-state index in [1.165, 1.54) is 0 Å². The van der Waals surface area contributed by atoms with Crippen LogP contribution in [0.25, 0.3) is 0 Å². The maximum absolute atomic E-state index is 5.60. The molecule has 0 saturated carbocycles. The minimum Gasteiger partial charge on any atom is -0.373 e. The molecule has 0 spiro atoms. The van der Waals surface area contributed by atoms with E-state index in [4.69, 9.17) is 9.57 Å². The van der Waals surface area contributed by atoms with Gasteiger partial charge in [-0.3, -0.25) is 4.84 Å². The first-order valence-electron chi connectivity index (χ1n) is 4.08. The maximum atomic E-state index is 5.60. The Kier molecular flexibility index (Phi) is 1.50. The van der Waals surface area contributed by atoms with Crippen LogP contribution in [0, 0.1) is 5.41 Å². The molecule has 3 nitrogen and oxygen atoms in total. The molecule has 11 heavy (non-hydrogen) atoms. The van der Waals surface area contributed by atoms with Crippen molar-refractivity contribution in [1.82, 2.24) is 5.06 Å². The molecule has 0 aliphatic carbocycles. The van der Waals surface area contributed by atoms with Gasteiger partial charge in [-0.05, 0) is 0 Å². The SMILES string of the molecule is CN1OC[C@H]2OCC(C)(C)[C@H]21. The summed E-state index contributed by atoms with van der Waals surface area (Å²) >= 11 is 0. The van der Waals surface area contributed by atoms with Crippen LogP contribution in [0.2, 0.25) is 0 Å². The van der Waals surface area contributed by atoms with E-state index in [0.29, 0.717) is 12.1 Å². The lowest BCUT2D eigenvalue weighted by Crippen LogP contribution is -2.39. The van der Waals surface area contributed by atoms with Gasteiger partial charge in [-0.15, -0.1) is 0 Å². The molecule has 2 aliphatic heterocycles. The van der Waals surface area contributed by atoms with Crippen LogP contribution in [0.3, 0.4) is 0 Å². The van der Waals surface area contributed by atoms with E-state index in [2.05, 4.69) is 13.8 Å². The summed E-state index contributed by atoms with van der Waals surface area (Å²) in [7, 11) is 1.99. The first-order valence-corrected chi connectivity index (χ1v) is 4.08. The second-order valence-corrected chi connectivity index (χ2v) is 4.12. The fourth-order valence-corrected chi connectivity index (χ4v) is 2.14. The van der Waals surface area contributed by atoms with Gasteiger partial charge < -0.3 is 4.74 Å². The van der Waals surface area contributed by atoms with Crippen molar-refractivity contribution in [3.8, 4) is 0 Å². The quantitative estimate of drug-likeness (QED) is 0.515. The average Bonchev–Trinajstić information content (AvgIpc) is 2.38. The zero-order valence-electron chi connectivity index (χ0n) is 7.33. The highest BCUT2D eigenvalue weighted by Gasteiger charge is 2.49. The van der Waals surface area contributed by atoms with E-state index in [0.717, 1.165) is 13.2 Å². The van der Waals surface area contributed by atoms with Gasteiger partial charge in [0.05, 0.1) is 19.3 Å². The summed E-state index contributed by atoms with van der Waals surface area (Å²) in [6, 6.07) is 0.447. The van der Waals surface area contributed by atoms with Crippen molar-refractivity contribution in [3.05, 3.63) is 0 Å². The van der Waals surface area contributed by atoms with Gasteiger partial charge in [0, 0.05) is 12.5 Å². The minimum absolute atomic E-state index is 0.246. The van der Waals surface area contributed by atoms with Gasteiger partial charge in [-0.1, -0.05) is 13.8 Å². The zero-order valence-corrected chi connectivity index (χ0v) is 7.33. The third-order valence-corrected chi connectivity index (χ3v) is 2.66. The molecule has 2 heterocycles. The first-order chi connectivity index (χ1) is 5.11. The molecule has 64 valence electrons. The Morgan fingerprint density at radius 2 is 2.18 bits per heavy atom. The van der Waals surface area contributed by atoms with Crippen molar-refractivity contribution in [1.29, 1.82) is 0 Å². The molecule has 0 aromatic heterocycles. The third kappa shape index (κ3) is 0.991. The Bertz CT molecular complexity index is 169. The molecule has 0 radical (unpaired) electrons. The Labute approximate surface area is 67.2 Å². The van der Waals surface area contributed by atoms with Crippen molar-refractivity contribution in [2.75, 3.05) is 20.3 Å². The van der Waals surface area contributed by atoms with Gasteiger partial charge in [0.2, 0.25) is 0 Å². The topological polar surface area (TPSA) is 21.7 Å². The summed E-state index contributed by atoms with van der Waals surface area (Å²) in [5, 5.41) is 1.94. The third-order valence-electron chi connectivity index (χ3n) is 2.66. The Balaban J connectivity index is 2.20. The molecule has 2 rings (SSSR count). The van der Waals surface area contributed by atoms with Crippen LogP contribution in [-0.2, 0) is 9.57 Å². The summed E-state index contributed by atoms with van der Waals surface area (Å²) in [5.74, 6) is 0. The molecule has 2 fully saturated rings. The molecule has 2 aliphatic rings. The van der Waals surface area contributed by atoms with Crippen molar-refractivity contribution < 1.29 is 9.57 Å². The van der Waals surface area contributed by atoms with E-state index >= 15 is 0 Å². The second-order valence-electron chi connectivity index (χ2n) is 4.12. The number of hydrogen-bond acceptors (Lipinski definition) is 3. The van der Waals surface area contributed by atoms with Crippen molar-refractivity contribution >= 4 is 0 Å². The number of hydrogen-bond donors (Lipinski definition) is 0. The van der Waals surface area contributed by atoms with Crippen LogP contribution in [0.1, 0.15) is 13.8 Å². The summed E-state index contributed by atoms with van der Waals surface area (Å²) in [6.07, 6.45) is 0.301. The second kappa shape index (κ2) is 2.19. The predicted molar refractivity (Wildman–Crippen MR) is 41.0 cm³/mol. The van der Waals surface area contributed by atoms with E-state index < -0.39 is 0 Å². The van der Waals surface area contributed by atoms with Gasteiger partial charge in [0.15, 0.2) is 0 Å². The monoisotopic (exact) mass is 157 g/mol. The molecular weight excluding hydrogens is 142 g/mol. The maximum Gasteiger partial charge on any atom is 0.101 e. The Morgan fingerprint density at radius 3 is 2.82 bits per heavy atom. The highest BCUT2D eigenvalue weighted by molar-refractivity contribution is 4.96. The number of likely N-dealkylation sites (N-methyl/N-ethyl adjacent to an activating group) is 1. The van der Waals surface area contributed by atoms with Crippen LogP contribution in [0.15, 0.2) is 0 Å². The van der Waals surface area contributed by atoms with Crippen LogP contribution >= 0.6 is 0 Å². The highest BCUT2D eigenvalue weighted by Crippen LogP contribution is 2.38. The molecule has 2 atom stereocenters. The van der Waals surface area contributed by atoms with Crippen molar-refractivity contribution in [3.63, 3.8) is 0 Å². The summed E-state index contributed by atoms with van der Waals surface area (Å²) in [4.78, 5) is 5.36. The highest BCUT2D eigenvalue weighted by atomic mass is 16.7. The van der Waals surface area contributed by atoms with E-state index in [1.807, 2.05) is 12.1 Å². The van der Waals surface area contributed by atoms with Crippen LogP contribution < -0.4 is 0 Å². The van der Waals surface area contributed by atoms with Gasteiger partial charge in [0.25, 0.3) is 0 Å². The molecule has 0 aromatic rings. The average molecular weight is 157 g/mol. The first kappa shape index (κ1) is 7.53. The van der Waals surface area contributed by atoms with E-state index in [-0.39, 0.29) is 5.41 Å². The zero-order chi connectivity index (χ0) is 8.06. The fourth-order valence-electron chi connectivity index (χ4n) is 2.14. The minimum atomic E-state index is 0.246. The lowest BCUT2D eigenvalue weighted by atomic mass is 9.85. The van der Waals surface area contributed by atoms with Gasteiger partial charge in [-0.2, -0.15) is 5.06 Å². The standard InChI is InChI=1S/C8H15NO2/c1-8(2)5-10-6-4-11-9(3)7(6)8/h6-7H,4-5H2,1-3H3/t6-,7+/m1/s1. The Hall–Kier alpha value is -0.120. The molecule has 3 heteroatoms. The van der Waals surface area contributed by atoms with E-state index in [9.17, 15) is 0 Å². The van der Waals surface area contributed by atoms with Crippen molar-refractivity contribution in [2.24, 2.45) is 5.41 Å². The molecule has 0 bridgehead atoms. The number of rotatable bonds is 0. The summed E-state index contributed by atoms with van der Waals surface area (Å²) in [6.45, 7) is 6.03. The van der Waals surface area contributed by atoms with E-state index in [1.54, 1.807) is 0 Å². The molecule has 0 unspecified atom stereocenters. The number of hydroxylamine groups is 2. The fraction of sp³-hybridized carbons (Fsp3) is 1.00. The molecular formula is C8H15NO2. The van der Waals surface area contributed by atoms with Gasteiger partial charge >= 0.3 is 0 Å². The predicted octanol–water partition coefficient (Wildman–Crippen LogP) is 0.657. The molecule has 2 saturated heterocycles. The lowest BCUT2D eigenvalue weighted by Gasteiger charge is -2.27. The summed E-state index contributed by atoms with van der Waals surface area (Å²) in [5.41, 5.74) is 0.246. The van der Waals surface area contributed by atoms with Crippen LogP contribution in [0.5, 0.6) is 0 Å². The lowest BCUT2D eigenvalue weighted by molar-refractivity contribution is -0.132. The van der Waals surface area contributed by atoms with Gasteiger partial charge in [0.1, 0.15) is 6.10 Å².